The van der Waals surface area contributed by atoms with Crippen LogP contribution in [-0.2, 0) is 0 Å². The van der Waals surface area contributed by atoms with Crippen LogP contribution in [0.1, 0.15) is 22.8 Å². The quantitative estimate of drug-likeness (QED) is 0.791. The first-order valence-corrected chi connectivity index (χ1v) is 4.97. The average Bonchev–Trinajstić information content (AvgIpc) is 1.99. The second kappa shape index (κ2) is 4.70. The van der Waals surface area contributed by atoms with E-state index in [2.05, 4.69) is 20.7 Å². The fraction of sp³-hybridized carbons (Fsp3) is 0.300. The molecule has 0 N–H and O–H groups in total. The van der Waals surface area contributed by atoms with Gasteiger partial charge in [-0.15, -0.1) is 0 Å². The van der Waals surface area contributed by atoms with Crippen molar-refractivity contribution in [1.29, 1.82) is 0 Å². The number of carbonyl (C=O) groups excluding carboxylic acids is 1. The van der Waals surface area contributed by atoms with Gasteiger partial charge in [-0.05, 0) is 47.5 Å². The second-order valence-corrected chi connectivity index (χ2v) is 3.89. The van der Waals surface area contributed by atoms with Crippen LogP contribution >= 0.6 is 15.9 Å². The molecule has 0 aliphatic heterocycles. The number of halogens is 3. The minimum Gasteiger partial charge on any atom is -0.435 e. The van der Waals surface area contributed by atoms with Crippen LogP contribution < -0.4 is 4.74 Å². The van der Waals surface area contributed by atoms with E-state index in [0.717, 1.165) is 0 Å². The molecule has 1 aromatic rings. The van der Waals surface area contributed by atoms with Crippen LogP contribution in [0, 0.1) is 6.92 Å². The molecule has 0 unspecified atom stereocenters. The normalized spacial score (nSPS) is 10.5. The Balaban J connectivity index is 3.14. The van der Waals surface area contributed by atoms with Crippen LogP contribution in [0.2, 0.25) is 0 Å². The number of hydrogen-bond acceptors (Lipinski definition) is 2. The summed E-state index contributed by atoms with van der Waals surface area (Å²) in [7, 11) is 0. The van der Waals surface area contributed by atoms with Crippen LogP contribution in [0.5, 0.6) is 5.75 Å². The Morgan fingerprint density at radius 2 is 2.07 bits per heavy atom. The van der Waals surface area contributed by atoms with E-state index >= 15 is 0 Å². The van der Waals surface area contributed by atoms with Crippen molar-refractivity contribution >= 4 is 21.7 Å². The Kier molecular flexibility index (Phi) is 3.79. The van der Waals surface area contributed by atoms with Crippen LogP contribution in [0.3, 0.4) is 0 Å². The summed E-state index contributed by atoms with van der Waals surface area (Å²) in [5, 5.41) is 0. The molecule has 0 heterocycles. The standard InChI is InChI=1S/C10H9BrF2O2/c1-5-3-7(15-10(12)13)4-8(11)9(5)6(2)14/h3-4,10H,1-2H3. The Bertz CT molecular complexity index is 368. The van der Waals surface area contributed by atoms with Gasteiger partial charge in [0.15, 0.2) is 5.78 Å². The lowest BCUT2D eigenvalue weighted by Gasteiger charge is -2.09. The van der Waals surface area contributed by atoms with Crippen LogP contribution in [0.25, 0.3) is 0 Å². The van der Waals surface area contributed by atoms with E-state index in [0.29, 0.717) is 15.6 Å². The number of alkyl halides is 2. The van der Waals surface area contributed by atoms with Crippen molar-refractivity contribution in [3.63, 3.8) is 0 Å². The first-order chi connectivity index (χ1) is 6.91. The molecule has 0 aliphatic carbocycles. The van der Waals surface area contributed by atoms with Crippen molar-refractivity contribution in [3.05, 3.63) is 27.7 Å². The van der Waals surface area contributed by atoms with Crippen molar-refractivity contribution in [2.75, 3.05) is 0 Å². The minimum absolute atomic E-state index is 0.0411. The molecule has 5 heteroatoms. The van der Waals surface area contributed by atoms with Crippen LogP contribution in [0.4, 0.5) is 8.78 Å². The van der Waals surface area contributed by atoms with Crippen molar-refractivity contribution in [2.45, 2.75) is 20.5 Å². The first-order valence-electron chi connectivity index (χ1n) is 4.17. The smallest absolute Gasteiger partial charge is 0.387 e. The van der Waals surface area contributed by atoms with E-state index < -0.39 is 6.61 Å². The van der Waals surface area contributed by atoms with E-state index in [1.165, 1.54) is 19.1 Å². The Morgan fingerprint density at radius 3 is 2.47 bits per heavy atom. The molecule has 0 fully saturated rings. The van der Waals surface area contributed by atoms with Gasteiger partial charge in [0.05, 0.1) is 0 Å². The van der Waals surface area contributed by atoms with Crippen molar-refractivity contribution in [1.82, 2.24) is 0 Å². The summed E-state index contributed by atoms with van der Waals surface area (Å²) in [5.74, 6) is -0.0812. The van der Waals surface area contributed by atoms with Gasteiger partial charge in [0.25, 0.3) is 0 Å². The maximum absolute atomic E-state index is 11.9. The SMILES string of the molecule is CC(=O)c1c(C)cc(OC(F)F)cc1Br. The topological polar surface area (TPSA) is 26.3 Å². The van der Waals surface area contributed by atoms with Gasteiger partial charge in [-0.2, -0.15) is 8.78 Å². The second-order valence-electron chi connectivity index (χ2n) is 3.03. The van der Waals surface area contributed by atoms with Gasteiger partial charge < -0.3 is 4.74 Å². The Labute approximate surface area is 94.4 Å². The molecule has 0 atom stereocenters. The van der Waals surface area contributed by atoms with E-state index in [9.17, 15) is 13.6 Å². The molecular formula is C10H9BrF2O2. The minimum atomic E-state index is -2.86. The molecule has 1 rings (SSSR count). The van der Waals surface area contributed by atoms with Gasteiger partial charge in [-0.25, -0.2) is 0 Å². The molecule has 0 saturated heterocycles. The lowest BCUT2D eigenvalue weighted by molar-refractivity contribution is -0.0499. The molecule has 0 bridgehead atoms. The highest BCUT2D eigenvalue weighted by atomic mass is 79.9. The highest BCUT2D eigenvalue weighted by Gasteiger charge is 2.12. The van der Waals surface area contributed by atoms with Crippen molar-refractivity contribution in [3.8, 4) is 5.75 Å². The van der Waals surface area contributed by atoms with E-state index in [4.69, 9.17) is 0 Å². The van der Waals surface area contributed by atoms with Gasteiger partial charge in [-0.1, -0.05) is 0 Å². The van der Waals surface area contributed by atoms with Gasteiger partial charge in [0, 0.05) is 10.0 Å². The van der Waals surface area contributed by atoms with Crippen LogP contribution in [-0.4, -0.2) is 12.4 Å². The maximum Gasteiger partial charge on any atom is 0.387 e. The van der Waals surface area contributed by atoms with Crippen molar-refractivity contribution < 1.29 is 18.3 Å². The van der Waals surface area contributed by atoms with Crippen LogP contribution in [0.15, 0.2) is 16.6 Å². The molecule has 0 radical (unpaired) electrons. The predicted octanol–water partition coefficient (Wildman–Crippen LogP) is 3.56. The summed E-state index contributed by atoms with van der Waals surface area (Å²) in [6.45, 7) is 0.222. The third-order valence-corrected chi connectivity index (χ3v) is 2.46. The van der Waals surface area contributed by atoms with Gasteiger partial charge in [-0.3, -0.25) is 4.79 Å². The van der Waals surface area contributed by atoms with Gasteiger partial charge in [0.2, 0.25) is 0 Å². The number of carbonyl (C=O) groups is 1. The summed E-state index contributed by atoms with van der Waals surface area (Å²) in [6, 6.07) is 2.77. The molecule has 1 aromatic carbocycles. The zero-order valence-corrected chi connectivity index (χ0v) is 9.77. The third kappa shape index (κ3) is 2.99. The molecule has 0 aromatic heterocycles. The summed E-state index contributed by atoms with van der Waals surface area (Å²) >= 11 is 3.14. The van der Waals surface area contributed by atoms with E-state index in [-0.39, 0.29) is 11.5 Å². The van der Waals surface area contributed by atoms with E-state index in [1.807, 2.05) is 0 Å². The predicted molar refractivity (Wildman–Crippen MR) is 55.5 cm³/mol. The number of rotatable bonds is 3. The molecule has 2 nitrogen and oxygen atoms in total. The summed E-state index contributed by atoms with van der Waals surface area (Å²) in [6.07, 6.45) is 0. The highest BCUT2D eigenvalue weighted by Crippen LogP contribution is 2.28. The Morgan fingerprint density at radius 1 is 1.47 bits per heavy atom. The third-order valence-electron chi connectivity index (χ3n) is 1.84. The van der Waals surface area contributed by atoms with Crippen molar-refractivity contribution in [2.24, 2.45) is 0 Å². The first kappa shape index (κ1) is 12.1. The zero-order valence-electron chi connectivity index (χ0n) is 8.18. The van der Waals surface area contributed by atoms with Gasteiger partial charge >= 0.3 is 6.61 Å². The number of ether oxygens (including phenoxy) is 1. The summed E-state index contributed by atoms with van der Waals surface area (Å²) in [4.78, 5) is 11.2. The van der Waals surface area contributed by atoms with E-state index in [1.54, 1.807) is 6.92 Å². The lowest BCUT2D eigenvalue weighted by Crippen LogP contribution is -2.04. The summed E-state index contributed by atoms with van der Waals surface area (Å²) in [5.41, 5.74) is 1.09. The molecule has 0 spiro atoms. The molecule has 0 saturated carbocycles. The largest absolute Gasteiger partial charge is 0.435 e. The molecular weight excluding hydrogens is 270 g/mol. The molecule has 82 valence electrons. The fourth-order valence-corrected chi connectivity index (χ4v) is 2.15. The number of Topliss-reactive ketones (excluding diaryl/α,β-unsaturated/α-hetero) is 1. The summed E-state index contributed by atoms with van der Waals surface area (Å²) < 4.78 is 28.6. The number of benzene rings is 1. The molecule has 0 aliphatic rings. The monoisotopic (exact) mass is 278 g/mol. The zero-order chi connectivity index (χ0) is 11.6. The highest BCUT2D eigenvalue weighted by molar-refractivity contribution is 9.10. The number of aryl methyl sites for hydroxylation is 1. The lowest BCUT2D eigenvalue weighted by atomic mass is 10.1. The average molecular weight is 279 g/mol. The number of hydrogen-bond donors (Lipinski definition) is 0. The Hall–Kier alpha value is -0.970. The molecule has 0 amide bonds. The molecule has 15 heavy (non-hydrogen) atoms. The maximum atomic E-state index is 11.9. The fourth-order valence-electron chi connectivity index (χ4n) is 1.33. The number of ketones is 1. The van der Waals surface area contributed by atoms with Gasteiger partial charge in [0.1, 0.15) is 5.75 Å².